The first-order valence-corrected chi connectivity index (χ1v) is 22.5. The molecule has 5 rings (SSSR count). The van der Waals surface area contributed by atoms with Crippen molar-refractivity contribution in [3.63, 3.8) is 0 Å². The molecule has 10 atom stereocenters. The van der Waals surface area contributed by atoms with E-state index in [4.69, 9.17) is 18.9 Å². The Balaban J connectivity index is 0.000000284. The van der Waals surface area contributed by atoms with E-state index in [0.717, 1.165) is 44.9 Å². The summed E-state index contributed by atoms with van der Waals surface area (Å²) in [4.78, 5) is 48.0. The maximum atomic E-state index is 13.4. The third-order valence-corrected chi connectivity index (χ3v) is 15.3. The fraction of sp³-hybridized carbons (Fsp3) is 0.911. The molecule has 0 spiro atoms. The topological polar surface area (TPSA) is 166 Å². The van der Waals surface area contributed by atoms with Gasteiger partial charge in [0.25, 0.3) is 5.60 Å². The minimum absolute atomic E-state index is 0.0197. The highest BCUT2D eigenvalue weighted by Crippen LogP contribution is 2.57. The predicted molar refractivity (Wildman–Crippen MR) is 215 cm³/mol. The van der Waals surface area contributed by atoms with Crippen LogP contribution in [0.15, 0.2) is 0 Å². The number of fused-ring (bicyclic) bond motifs is 1. The second kappa shape index (κ2) is 19.6. The molecule has 65 heavy (non-hydrogen) atoms. The van der Waals surface area contributed by atoms with Crippen molar-refractivity contribution in [2.75, 3.05) is 0 Å². The number of esters is 4. The summed E-state index contributed by atoms with van der Waals surface area (Å²) < 4.78 is 142. The number of rotatable bonds is 12. The summed E-state index contributed by atoms with van der Waals surface area (Å²) in [5, 5.41) is 29.8. The Labute approximate surface area is 375 Å². The van der Waals surface area contributed by atoms with E-state index < -0.39 is 83.4 Å². The van der Waals surface area contributed by atoms with Crippen LogP contribution < -0.4 is 0 Å². The van der Waals surface area contributed by atoms with Gasteiger partial charge in [-0.1, -0.05) is 27.7 Å². The molecule has 5 fully saturated rings. The van der Waals surface area contributed by atoms with E-state index >= 15 is 0 Å². The highest BCUT2D eigenvalue weighted by atomic mass is 19.4. The van der Waals surface area contributed by atoms with Gasteiger partial charge in [0.2, 0.25) is 0 Å². The number of ether oxygens (including phenoxy) is 4. The van der Waals surface area contributed by atoms with Crippen molar-refractivity contribution < 1.29 is 93.0 Å². The normalized spacial score (nSPS) is 30.0. The van der Waals surface area contributed by atoms with Crippen LogP contribution >= 0.6 is 0 Å². The van der Waals surface area contributed by atoms with Crippen molar-refractivity contribution >= 4 is 23.9 Å². The van der Waals surface area contributed by atoms with E-state index in [9.17, 15) is 74.0 Å². The Morgan fingerprint density at radius 3 is 1.54 bits per heavy atom. The van der Waals surface area contributed by atoms with Crippen molar-refractivity contribution in [2.24, 2.45) is 45.8 Å². The van der Waals surface area contributed by atoms with Crippen LogP contribution in [-0.4, -0.2) is 98.9 Å². The molecule has 1 heterocycles. The van der Waals surface area contributed by atoms with Gasteiger partial charge in [-0.2, -0.15) is 39.5 Å². The van der Waals surface area contributed by atoms with Crippen LogP contribution in [0.1, 0.15) is 153 Å². The van der Waals surface area contributed by atoms with E-state index in [0.29, 0.717) is 11.8 Å². The molecule has 10 unspecified atom stereocenters. The lowest BCUT2D eigenvalue weighted by atomic mass is 9.64. The number of alkyl halides is 9. The standard InChI is InChI=1S/C18H25F9O5.C14H20O4.C13H24O2/c1-5-13(2,3)12(29)32-8-6-9(14(4,30)16(19,20)21)11(28)10(7-8)15(31,17(22,23)24)18(25,26)27;1-4-14(2,3)13(16)18-10-7-5-8-9(6-7)12(15)17-11(8)10;1-5-12(3,4)11(14)15-13(6-2)9-7-8-10-13/h8-11,28,30-31H,5-7H2,1-4H3;7-11H,4-6H2,1-3H3;5-10H2,1-4H3. The van der Waals surface area contributed by atoms with Crippen molar-refractivity contribution in [3.8, 4) is 0 Å². The van der Waals surface area contributed by atoms with E-state index in [1.54, 1.807) is 0 Å². The lowest BCUT2D eigenvalue weighted by Gasteiger charge is -2.50. The van der Waals surface area contributed by atoms with Crippen LogP contribution in [0.25, 0.3) is 0 Å². The van der Waals surface area contributed by atoms with E-state index in [1.165, 1.54) is 33.6 Å². The van der Waals surface area contributed by atoms with Crippen LogP contribution in [-0.2, 0) is 38.1 Å². The zero-order chi connectivity index (χ0) is 50.3. The van der Waals surface area contributed by atoms with Crippen molar-refractivity contribution in [1.29, 1.82) is 0 Å². The van der Waals surface area contributed by atoms with Gasteiger partial charge in [0.15, 0.2) is 5.60 Å². The molecule has 378 valence electrons. The SMILES string of the molecule is CCC(C)(C)C(=O)OC1C2CC3C(=O)OC1C3C2.CCC(C)(C)C(=O)OC1CC(C(C)(O)C(F)(F)F)C(O)C(C(O)(C(F)(F)F)C(F)(F)F)C1.CCC1(OC(=O)C(C)(C)CC)CCCC1. The smallest absolute Gasteiger partial charge is 0.426 e. The number of hydrogen-bond donors (Lipinski definition) is 3. The van der Waals surface area contributed by atoms with Crippen molar-refractivity contribution in [2.45, 2.75) is 213 Å². The largest absolute Gasteiger partial charge is 0.462 e. The molecule has 4 aliphatic carbocycles. The van der Waals surface area contributed by atoms with Gasteiger partial charge in [-0.25, -0.2) is 0 Å². The molecule has 11 nitrogen and oxygen atoms in total. The van der Waals surface area contributed by atoms with Gasteiger partial charge < -0.3 is 34.3 Å². The number of carbonyl (C=O) groups is 4. The number of carbonyl (C=O) groups excluding carboxylic acids is 4. The van der Waals surface area contributed by atoms with Gasteiger partial charge in [0, 0.05) is 23.7 Å². The van der Waals surface area contributed by atoms with Gasteiger partial charge in [0.1, 0.15) is 23.9 Å². The minimum Gasteiger partial charge on any atom is -0.462 e. The first-order valence-electron chi connectivity index (χ1n) is 22.5. The third kappa shape index (κ3) is 11.5. The first kappa shape index (κ1) is 56.5. The number of aliphatic hydroxyl groups is 3. The lowest BCUT2D eigenvalue weighted by Crippen LogP contribution is -2.69. The summed E-state index contributed by atoms with van der Waals surface area (Å²) in [5.41, 5.74) is -11.8. The Hall–Kier alpha value is -2.87. The summed E-state index contributed by atoms with van der Waals surface area (Å²) in [6.45, 7) is 18.1. The summed E-state index contributed by atoms with van der Waals surface area (Å²) in [6, 6.07) is 0. The van der Waals surface area contributed by atoms with Gasteiger partial charge in [-0.05, 0) is 126 Å². The molecule has 0 aromatic rings. The summed E-state index contributed by atoms with van der Waals surface area (Å²) in [5.74, 6) is -6.69. The Bertz CT molecular complexity index is 1670. The average molecular weight is 957 g/mol. The molecule has 5 aliphatic rings. The summed E-state index contributed by atoms with van der Waals surface area (Å²) in [7, 11) is 0. The van der Waals surface area contributed by atoms with Crippen LogP contribution in [0.2, 0.25) is 0 Å². The van der Waals surface area contributed by atoms with Crippen LogP contribution in [0, 0.1) is 45.8 Å². The monoisotopic (exact) mass is 956 g/mol. The number of hydrogen-bond acceptors (Lipinski definition) is 11. The van der Waals surface area contributed by atoms with Gasteiger partial charge in [0.05, 0.1) is 28.3 Å². The maximum absolute atomic E-state index is 13.4. The third-order valence-electron chi connectivity index (χ3n) is 15.3. The van der Waals surface area contributed by atoms with E-state index in [2.05, 4.69) is 6.92 Å². The predicted octanol–water partition coefficient (Wildman–Crippen LogP) is 9.49. The van der Waals surface area contributed by atoms with Gasteiger partial charge in [-0.3, -0.25) is 19.2 Å². The molecule has 0 aromatic carbocycles. The zero-order valence-corrected chi connectivity index (χ0v) is 39.2. The zero-order valence-electron chi connectivity index (χ0n) is 39.2. The van der Waals surface area contributed by atoms with Gasteiger partial charge in [-0.15, -0.1) is 0 Å². The van der Waals surface area contributed by atoms with Crippen molar-refractivity contribution in [3.05, 3.63) is 0 Å². The molecule has 2 bridgehead atoms. The first-order chi connectivity index (χ1) is 29.3. The molecule has 0 amide bonds. The highest BCUT2D eigenvalue weighted by Gasteiger charge is 2.77. The van der Waals surface area contributed by atoms with E-state index in [1.807, 2.05) is 41.5 Å². The Morgan fingerprint density at radius 2 is 1.11 bits per heavy atom. The molecule has 20 heteroatoms. The molecule has 1 saturated heterocycles. The van der Waals surface area contributed by atoms with E-state index in [-0.39, 0.29) is 60.4 Å². The summed E-state index contributed by atoms with van der Waals surface area (Å²) in [6.07, 6.45) is -17.5. The number of halogens is 9. The molecular formula is C45H69F9O11. The fourth-order valence-electron chi connectivity index (χ4n) is 9.06. The minimum atomic E-state index is -6.46. The average Bonchev–Trinajstić information content (AvgIpc) is 3.97. The highest BCUT2D eigenvalue weighted by molar-refractivity contribution is 5.78. The van der Waals surface area contributed by atoms with Crippen LogP contribution in [0.4, 0.5) is 39.5 Å². The Morgan fingerprint density at radius 1 is 0.662 bits per heavy atom. The molecule has 0 aromatic heterocycles. The van der Waals surface area contributed by atoms with Crippen LogP contribution in [0.5, 0.6) is 0 Å². The quantitative estimate of drug-likeness (QED) is 0.0969. The number of aliphatic hydroxyl groups excluding tert-OH is 1. The van der Waals surface area contributed by atoms with Crippen molar-refractivity contribution in [1.82, 2.24) is 0 Å². The fourth-order valence-corrected chi connectivity index (χ4v) is 9.06. The van der Waals surface area contributed by atoms with Crippen LogP contribution in [0.3, 0.4) is 0 Å². The molecule has 0 radical (unpaired) electrons. The Kier molecular flexibility index (Phi) is 17.0. The molecule has 4 saturated carbocycles. The second-order valence-corrected chi connectivity index (χ2v) is 20.7. The second-order valence-electron chi connectivity index (χ2n) is 20.7. The molecule has 3 N–H and O–H groups in total. The summed E-state index contributed by atoms with van der Waals surface area (Å²) >= 11 is 0. The maximum Gasteiger partial charge on any atom is 0.426 e. The molecular weight excluding hydrogens is 887 g/mol. The molecule has 1 aliphatic heterocycles. The van der Waals surface area contributed by atoms with Gasteiger partial charge >= 0.3 is 42.4 Å². The lowest BCUT2D eigenvalue weighted by molar-refractivity contribution is -0.400.